The Morgan fingerprint density at radius 3 is 2.15 bits per heavy atom. The monoisotopic (exact) mass is 470 g/mol. The van der Waals surface area contributed by atoms with Crippen molar-refractivity contribution in [1.29, 1.82) is 0 Å². The van der Waals surface area contributed by atoms with Gasteiger partial charge in [0.25, 0.3) is 0 Å². The minimum atomic E-state index is -3.74. The summed E-state index contributed by atoms with van der Waals surface area (Å²) in [5, 5.41) is 8.71. The maximum Gasteiger partial charge on any atom is 0.247 e. The van der Waals surface area contributed by atoms with E-state index in [4.69, 9.17) is 14.2 Å². The summed E-state index contributed by atoms with van der Waals surface area (Å²) in [5.41, 5.74) is 1.65. The van der Waals surface area contributed by atoms with Crippen LogP contribution in [0.15, 0.2) is 59.5 Å². The van der Waals surface area contributed by atoms with Gasteiger partial charge in [-0.3, -0.25) is 0 Å². The molecule has 1 saturated heterocycles. The fourth-order valence-electron chi connectivity index (χ4n) is 3.71. The van der Waals surface area contributed by atoms with E-state index in [1.807, 2.05) is 41.3 Å². The number of nitrogens with zero attached hydrogens (tertiary/aromatic N) is 4. The molecule has 0 aliphatic carbocycles. The average Bonchev–Trinajstić information content (AvgIpc) is 2.88. The first-order valence-corrected chi connectivity index (χ1v) is 11.9. The molecule has 174 valence electrons. The van der Waals surface area contributed by atoms with E-state index in [2.05, 4.69) is 10.2 Å². The SMILES string of the molecule is COc1cccc(-c2ccc(N3CCN(S(=O)(=O)c4cc(OC)ccc4OC)CC3)nn2)c1. The summed E-state index contributed by atoms with van der Waals surface area (Å²) in [6.07, 6.45) is 0. The highest BCUT2D eigenvalue weighted by Crippen LogP contribution is 2.31. The zero-order chi connectivity index (χ0) is 23.4. The van der Waals surface area contributed by atoms with Gasteiger partial charge in [-0.15, -0.1) is 10.2 Å². The first kappa shape index (κ1) is 22.8. The number of rotatable bonds is 7. The predicted octanol–water partition coefficient (Wildman–Crippen LogP) is 2.68. The largest absolute Gasteiger partial charge is 0.497 e. The van der Waals surface area contributed by atoms with E-state index < -0.39 is 10.0 Å². The smallest absolute Gasteiger partial charge is 0.247 e. The highest BCUT2D eigenvalue weighted by Gasteiger charge is 2.31. The lowest BCUT2D eigenvalue weighted by Crippen LogP contribution is -2.49. The lowest BCUT2D eigenvalue weighted by Gasteiger charge is -2.34. The Bertz CT molecular complexity index is 1210. The van der Waals surface area contributed by atoms with Crippen LogP contribution in [0.5, 0.6) is 17.2 Å². The van der Waals surface area contributed by atoms with E-state index in [0.29, 0.717) is 37.7 Å². The molecule has 10 heteroatoms. The summed E-state index contributed by atoms with van der Waals surface area (Å²) in [4.78, 5) is 2.12. The Morgan fingerprint density at radius 1 is 0.788 bits per heavy atom. The second-order valence-electron chi connectivity index (χ2n) is 7.42. The predicted molar refractivity (Wildman–Crippen MR) is 125 cm³/mol. The highest BCUT2D eigenvalue weighted by atomic mass is 32.2. The van der Waals surface area contributed by atoms with Crippen molar-refractivity contribution in [2.75, 3.05) is 52.4 Å². The van der Waals surface area contributed by atoms with E-state index in [1.54, 1.807) is 19.2 Å². The van der Waals surface area contributed by atoms with Crippen molar-refractivity contribution in [2.24, 2.45) is 0 Å². The number of hydrogen-bond acceptors (Lipinski definition) is 8. The van der Waals surface area contributed by atoms with Gasteiger partial charge in [-0.2, -0.15) is 4.31 Å². The van der Waals surface area contributed by atoms with Crippen molar-refractivity contribution < 1.29 is 22.6 Å². The van der Waals surface area contributed by atoms with Crippen LogP contribution in [0.2, 0.25) is 0 Å². The molecular formula is C23H26N4O5S. The van der Waals surface area contributed by atoms with E-state index in [1.165, 1.54) is 24.6 Å². The second kappa shape index (κ2) is 9.63. The molecule has 0 spiro atoms. The van der Waals surface area contributed by atoms with Gasteiger partial charge < -0.3 is 19.1 Å². The first-order valence-electron chi connectivity index (χ1n) is 10.4. The molecule has 1 aliphatic rings. The van der Waals surface area contributed by atoms with Crippen molar-refractivity contribution in [2.45, 2.75) is 4.90 Å². The molecule has 4 rings (SSSR count). The number of ether oxygens (including phenoxy) is 3. The van der Waals surface area contributed by atoms with Crippen LogP contribution in [0.25, 0.3) is 11.3 Å². The van der Waals surface area contributed by atoms with Crippen molar-refractivity contribution in [3.05, 3.63) is 54.6 Å². The molecule has 0 atom stereocenters. The maximum atomic E-state index is 13.3. The van der Waals surface area contributed by atoms with Gasteiger partial charge in [0.1, 0.15) is 22.1 Å². The van der Waals surface area contributed by atoms with Crippen molar-refractivity contribution >= 4 is 15.8 Å². The lowest BCUT2D eigenvalue weighted by atomic mass is 10.1. The Hall–Kier alpha value is -3.37. The molecule has 1 fully saturated rings. The molecule has 0 radical (unpaired) electrons. The van der Waals surface area contributed by atoms with E-state index in [0.717, 1.165) is 17.0 Å². The Morgan fingerprint density at radius 2 is 1.52 bits per heavy atom. The molecule has 1 aromatic heterocycles. The van der Waals surface area contributed by atoms with E-state index >= 15 is 0 Å². The summed E-state index contributed by atoms with van der Waals surface area (Å²) < 4.78 is 43.7. The highest BCUT2D eigenvalue weighted by molar-refractivity contribution is 7.89. The third kappa shape index (κ3) is 4.71. The summed E-state index contributed by atoms with van der Waals surface area (Å²) in [6.45, 7) is 1.64. The minimum absolute atomic E-state index is 0.0974. The second-order valence-corrected chi connectivity index (χ2v) is 9.32. The standard InChI is InChI=1S/C23H26N4O5S/c1-30-18-6-4-5-17(15-18)20-8-10-23(25-24-20)26-11-13-27(14-12-26)33(28,29)22-16-19(31-2)7-9-21(22)32-3/h4-10,15-16H,11-14H2,1-3H3. The zero-order valence-corrected chi connectivity index (χ0v) is 19.6. The van der Waals surface area contributed by atoms with E-state index in [9.17, 15) is 8.42 Å². The van der Waals surface area contributed by atoms with Crippen molar-refractivity contribution in [3.63, 3.8) is 0 Å². The fraction of sp³-hybridized carbons (Fsp3) is 0.304. The van der Waals surface area contributed by atoms with Gasteiger partial charge in [-0.25, -0.2) is 8.42 Å². The number of aromatic nitrogens is 2. The molecule has 9 nitrogen and oxygen atoms in total. The Labute approximate surface area is 193 Å². The molecule has 0 saturated carbocycles. The topological polar surface area (TPSA) is 94.1 Å². The molecule has 3 aromatic rings. The van der Waals surface area contributed by atoms with Crippen LogP contribution >= 0.6 is 0 Å². The van der Waals surface area contributed by atoms with Crippen LogP contribution in [-0.4, -0.2) is 70.4 Å². The quantitative estimate of drug-likeness (QED) is 0.520. The molecule has 0 unspecified atom stereocenters. The molecule has 0 bridgehead atoms. The van der Waals surface area contributed by atoms with Crippen LogP contribution < -0.4 is 19.1 Å². The summed E-state index contributed by atoms with van der Waals surface area (Å²) in [5.74, 6) is 2.21. The Kier molecular flexibility index (Phi) is 6.66. The Balaban J connectivity index is 1.46. The molecule has 0 N–H and O–H groups in total. The van der Waals surface area contributed by atoms with Crippen LogP contribution in [0.3, 0.4) is 0 Å². The molecule has 2 heterocycles. The molecule has 2 aromatic carbocycles. The van der Waals surface area contributed by atoms with Gasteiger partial charge in [-0.1, -0.05) is 12.1 Å². The number of anilines is 1. The van der Waals surface area contributed by atoms with Gasteiger partial charge in [0.05, 0.1) is 27.0 Å². The number of benzene rings is 2. The van der Waals surface area contributed by atoms with Gasteiger partial charge >= 0.3 is 0 Å². The molecule has 1 aliphatic heterocycles. The number of sulfonamides is 1. The first-order chi connectivity index (χ1) is 16.0. The molecule has 33 heavy (non-hydrogen) atoms. The number of methoxy groups -OCH3 is 3. The molecular weight excluding hydrogens is 444 g/mol. The third-order valence-electron chi connectivity index (χ3n) is 5.57. The summed E-state index contributed by atoms with van der Waals surface area (Å²) in [6, 6.07) is 16.2. The van der Waals surface area contributed by atoms with E-state index in [-0.39, 0.29) is 10.6 Å². The van der Waals surface area contributed by atoms with Crippen LogP contribution in [-0.2, 0) is 10.0 Å². The molecule has 0 amide bonds. The normalized spacial score (nSPS) is 14.7. The maximum absolute atomic E-state index is 13.3. The van der Waals surface area contributed by atoms with Crippen LogP contribution in [0.1, 0.15) is 0 Å². The fourth-order valence-corrected chi connectivity index (χ4v) is 5.31. The summed E-state index contributed by atoms with van der Waals surface area (Å²) >= 11 is 0. The number of hydrogen-bond donors (Lipinski definition) is 0. The van der Waals surface area contributed by atoms with Crippen LogP contribution in [0, 0.1) is 0 Å². The van der Waals surface area contributed by atoms with Crippen LogP contribution in [0.4, 0.5) is 5.82 Å². The summed E-state index contributed by atoms with van der Waals surface area (Å²) in [7, 11) is 0.833. The third-order valence-corrected chi connectivity index (χ3v) is 7.49. The minimum Gasteiger partial charge on any atom is -0.497 e. The average molecular weight is 471 g/mol. The lowest BCUT2D eigenvalue weighted by molar-refractivity contribution is 0.370. The van der Waals surface area contributed by atoms with Gasteiger partial charge in [-0.05, 0) is 36.4 Å². The number of piperazine rings is 1. The van der Waals surface area contributed by atoms with Crippen molar-refractivity contribution in [3.8, 4) is 28.5 Å². The zero-order valence-electron chi connectivity index (χ0n) is 18.8. The van der Waals surface area contributed by atoms with Gasteiger partial charge in [0, 0.05) is 37.8 Å². The van der Waals surface area contributed by atoms with Gasteiger partial charge in [0.2, 0.25) is 10.0 Å². The van der Waals surface area contributed by atoms with Crippen molar-refractivity contribution in [1.82, 2.24) is 14.5 Å². The van der Waals surface area contributed by atoms with Gasteiger partial charge in [0.15, 0.2) is 5.82 Å².